The Morgan fingerprint density at radius 3 is 2.83 bits per heavy atom. The van der Waals surface area contributed by atoms with Crippen LogP contribution >= 0.6 is 35.0 Å². The molecule has 23 heavy (non-hydrogen) atoms. The number of rotatable bonds is 2. The number of nitrogens with zero attached hydrogens (tertiary/aromatic N) is 2. The molecule has 1 amide bonds. The van der Waals surface area contributed by atoms with Gasteiger partial charge in [0.15, 0.2) is 15.0 Å². The molecule has 124 valence electrons. The van der Waals surface area contributed by atoms with Crippen molar-refractivity contribution in [2.75, 3.05) is 22.3 Å². The van der Waals surface area contributed by atoms with E-state index < -0.39 is 21.6 Å². The molecule has 0 aromatic heterocycles. The van der Waals surface area contributed by atoms with E-state index in [1.54, 1.807) is 4.90 Å². The molecule has 0 unspecified atom stereocenters. The number of hydrogen-bond donors (Lipinski definition) is 0. The van der Waals surface area contributed by atoms with Crippen LogP contribution in [-0.2, 0) is 14.6 Å². The molecule has 0 bridgehead atoms. The molecule has 0 radical (unpaired) electrons. The van der Waals surface area contributed by atoms with Gasteiger partial charge in [-0.3, -0.25) is 4.79 Å². The summed E-state index contributed by atoms with van der Waals surface area (Å²) >= 11 is 12.5. The molecule has 2 saturated heterocycles. The highest BCUT2D eigenvalue weighted by Crippen LogP contribution is 2.41. The summed E-state index contributed by atoms with van der Waals surface area (Å²) in [5.41, 5.74) is 0.495. The van der Waals surface area contributed by atoms with Crippen molar-refractivity contribution >= 4 is 61.6 Å². The van der Waals surface area contributed by atoms with Crippen LogP contribution in [0.3, 0.4) is 0 Å². The molecule has 2 atom stereocenters. The second-order valence-electron chi connectivity index (χ2n) is 5.19. The molecule has 0 saturated carbocycles. The van der Waals surface area contributed by atoms with Crippen molar-refractivity contribution in [1.82, 2.24) is 0 Å². The summed E-state index contributed by atoms with van der Waals surface area (Å²) < 4.78 is 37.1. The smallest absolute Gasteiger partial charge is 0.262 e. The van der Waals surface area contributed by atoms with Crippen LogP contribution in [0.15, 0.2) is 23.2 Å². The first kappa shape index (κ1) is 17.0. The van der Waals surface area contributed by atoms with E-state index in [2.05, 4.69) is 4.99 Å². The number of amides is 1. The molecule has 3 rings (SSSR count). The third-order valence-corrected chi connectivity index (χ3v) is 7.31. The van der Waals surface area contributed by atoms with Gasteiger partial charge in [0.05, 0.1) is 22.6 Å². The number of fused-ring (bicyclic) bond motifs is 1. The van der Waals surface area contributed by atoms with Gasteiger partial charge in [0.25, 0.3) is 5.91 Å². The zero-order chi connectivity index (χ0) is 16.8. The van der Waals surface area contributed by atoms with Crippen molar-refractivity contribution < 1.29 is 17.6 Å². The molecule has 1 aromatic rings. The summed E-state index contributed by atoms with van der Waals surface area (Å²) in [7, 11) is -3.16. The number of amidine groups is 1. The van der Waals surface area contributed by atoms with E-state index in [0.29, 0.717) is 10.9 Å². The third-order valence-electron chi connectivity index (χ3n) is 3.58. The molecule has 10 heteroatoms. The summed E-state index contributed by atoms with van der Waals surface area (Å²) in [5, 5.41) is 0.0498. The fraction of sp³-hybridized carbons (Fsp3) is 0.385. The standard InChI is InChI=1S/C13H11Cl2FN2O3S2/c14-4-12(19)17-13-18(7-1-2-9(16)8(15)3-7)10-5-23(20,21)6-11(10)22-13/h1-3,10-11H,4-6H2/t10-,11+/m1/s1. The Labute approximate surface area is 146 Å². The zero-order valence-electron chi connectivity index (χ0n) is 11.6. The van der Waals surface area contributed by atoms with Crippen LogP contribution < -0.4 is 4.90 Å². The van der Waals surface area contributed by atoms with E-state index in [1.807, 2.05) is 0 Å². The van der Waals surface area contributed by atoms with Crippen molar-refractivity contribution in [3.05, 3.63) is 29.0 Å². The Morgan fingerprint density at radius 1 is 1.43 bits per heavy atom. The van der Waals surface area contributed by atoms with Crippen LogP contribution in [0.5, 0.6) is 0 Å². The first-order valence-corrected chi connectivity index (χ1v) is 10.2. The number of carbonyl (C=O) groups is 1. The Bertz CT molecular complexity index is 800. The van der Waals surface area contributed by atoms with Crippen molar-refractivity contribution in [3.63, 3.8) is 0 Å². The van der Waals surface area contributed by atoms with Gasteiger partial charge in [-0.05, 0) is 18.2 Å². The lowest BCUT2D eigenvalue weighted by Crippen LogP contribution is -2.37. The summed E-state index contributed by atoms with van der Waals surface area (Å²) in [6.07, 6.45) is 0. The van der Waals surface area contributed by atoms with Crippen molar-refractivity contribution in [1.29, 1.82) is 0 Å². The van der Waals surface area contributed by atoms with Crippen LogP contribution in [-0.4, -0.2) is 48.2 Å². The number of benzene rings is 1. The maximum atomic E-state index is 13.4. The minimum absolute atomic E-state index is 0.0157. The molecule has 2 aliphatic heterocycles. The van der Waals surface area contributed by atoms with E-state index in [1.165, 1.54) is 30.0 Å². The molecule has 0 aliphatic carbocycles. The number of halogens is 3. The predicted octanol–water partition coefficient (Wildman–Crippen LogP) is 2.32. The Morgan fingerprint density at radius 2 is 2.17 bits per heavy atom. The largest absolute Gasteiger partial charge is 0.316 e. The summed E-state index contributed by atoms with van der Waals surface area (Å²) in [4.78, 5) is 17.1. The van der Waals surface area contributed by atoms with Gasteiger partial charge in [-0.15, -0.1) is 11.6 Å². The Balaban J connectivity index is 2.04. The van der Waals surface area contributed by atoms with E-state index in [0.717, 1.165) is 0 Å². The van der Waals surface area contributed by atoms with Gasteiger partial charge >= 0.3 is 0 Å². The summed E-state index contributed by atoms with van der Waals surface area (Å²) in [6.45, 7) is 0. The monoisotopic (exact) mass is 396 g/mol. The highest BCUT2D eigenvalue weighted by molar-refractivity contribution is 8.16. The molecule has 1 aromatic carbocycles. The lowest BCUT2D eigenvalue weighted by Gasteiger charge is -2.24. The van der Waals surface area contributed by atoms with Crippen LogP contribution in [0.25, 0.3) is 0 Å². The van der Waals surface area contributed by atoms with Gasteiger partial charge < -0.3 is 4.90 Å². The minimum atomic E-state index is -3.16. The Kier molecular flexibility index (Phi) is 4.61. The molecule has 2 heterocycles. The number of aliphatic imine (C=N–C) groups is 1. The first-order chi connectivity index (χ1) is 10.8. The second kappa shape index (κ2) is 6.23. The topological polar surface area (TPSA) is 66.8 Å². The molecular formula is C13H11Cl2FN2O3S2. The third kappa shape index (κ3) is 3.35. The number of carbonyl (C=O) groups excluding carboxylic acids is 1. The minimum Gasteiger partial charge on any atom is -0.316 e. The number of hydrogen-bond acceptors (Lipinski definition) is 4. The molecule has 2 aliphatic rings. The highest BCUT2D eigenvalue weighted by Gasteiger charge is 2.49. The first-order valence-electron chi connectivity index (χ1n) is 6.59. The van der Waals surface area contributed by atoms with E-state index >= 15 is 0 Å². The lowest BCUT2D eigenvalue weighted by molar-refractivity contribution is -0.115. The zero-order valence-corrected chi connectivity index (χ0v) is 14.7. The number of thioether (sulfide) groups is 1. The molecule has 2 fully saturated rings. The second-order valence-corrected chi connectivity index (χ2v) is 9.23. The van der Waals surface area contributed by atoms with E-state index in [-0.39, 0.29) is 33.7 Å². The van der Waals surface area contributed by atoms with E-state index in [4.69, 9.17) is 23.2 Å². The van der Waals surface area contributed by atoms with Gasteiger partial charge in [0.2, 0.25) is 0 Å². The molecule has 5 nitrogen and oxygen atoms in total. The van der Waals surface area contributed by atoms with Crippen LogP contribution in [0, 0.1) is 5.82 Å². The predicted molar refractivity (Wildman–Crippen MR) is 90.9 cm³/mol. The van der Waals surface area contributed by atoms with Gasteiger partial charge in [-0.1, -0.05) is 23.4 Å². The van der Waals surface area contributed by atoms with Crippen molar-refractivity contribution in [2.24, 2.45) is 4.99 Å². The molecule has 0 spiro atoms. The quantitative estimate of drug-likeness (QED) is 0.717. The fourth-order valence-corrected chi connectivity index (χ4v) is 6.80. The van der Waals surface area contributed by atoms with Crippen LogP contribution in [0.4, 0.5) is 10.1 Å². The summed E-state index contributed by atoms with van der Waals surface area (Å²) in [6, 6.07) is 3.70. The van der Waals surface area contributed by atoms with E-state index in [9.17, 15) is 17.6 Å². The maximum absolute atomic E-state index is 13.4. The number of anilines is 1. The normalized spacial score (nSPS) is 27.4. The van der Waals surface area contributed by atoms with Crippen molar-refractivity contribution in [2.45, 2.75) is 11.3 Å². The van der Waals surface area contributed by atoms with Crippen molar-refractivity contribution in [3.8, 4) is 0 Å². The average molecular weight is 397 g/mol. The molecular weight excluding hydrogens is 386 g/mol. The average Bonchev–Trinajstić information content (AvgIpc) is 2.93. The van der Waals surface area contributed by atoms with Gasteiger partial charge in [-0.2, -0.15) is 4.99 Å². The number of alkyl halides is 1. The van der Waals surface area contributed by atoms with Crippen LogP contribution in [0.1, 0.15) is 0 Å². The molecule has 0 N–H and O–H groups in total. The lowest BCUT2D eigenvalue weighted by atomic mass is 10.2. The van der Waals surface area contributed by atoms with Gasteiger partial charge in [0, 0.05) is 10.9 Å². The van der Waals surface area contributed by atoms with Gasteiger partial charge in [-0.25, -0.2) is 12.8 Å². The van der Waals surface area contributed by atoms with Gasteiger partial charge in [0.1, 0.15) is 11.7 Å². The number of sulfone groups is 1. The maximum Gasteiger partial charge on any atom is 0.262 e. The summed E-state index contributed by atoms with van der Waals surface area (Å²) in [5.74, 6) is -1.39. The fourth-order valence-electron chi connectivity index (χ4n) is 2.64. The Hall–Kier alpha value is -0.830. The van der Waals surface area contributed by atoms with Crippen LogP contribution in [0.2, 0.25) is 5.02 Å². The SMILES string of the molecule is O=C(CCl)N=C1S[C@H]2CS(=O)(=O)C[C@H]2N1c1ccc(F)c(Cl)c1. The highest BCUT2D eigenvalue weighted by atomic mass is 35.5.